The number of carbonyl (C=O) groups excluding carboxylic acids is 1. The van der Waals surface area contributed by atoms with Gasteiger partial charge in [0.2, 0.25) is 0 Å². The lowest BCUT2D eigenvalue weighted by atomic mass is 10.1. The van der Waals surface area contributed by atoms with E-state index in [1.807, 2.05) is 42.5 Å². The third-order valence-corrected chi connectivity index (χ3v) is 5.18. The Morgan fingerprint density at radius 3 is 3.00 bits per heavy atom. The zero-order valence-corrected chi connectivity index (χ0v) is 14.2. The molecule has 6 heteroatoms. The van der Waals surface area contributed by atoms with Gasteiger partial charge in [0.1, 0.15) is 0 Å². The number of hydrogen-bond acceptors (Lipinski definition) is 4. The fourth-order valence-electron chi connectivity index (χ4n) is 2.68. The number of carbonyl (C=O) groups is 1. The Morgan fingerprint density at radius 1 is 1.25 bits per heavy atom. The van der Waals surface area contributed by atoms with Crippen molar-refractivity contribution in [2.45, 2.75) is 17.2 Å². The minimum Gasteiger partial charge on any atom is -0.355 e. The number of halogens is 1. The van der Waals surface area contributed by atoms with Crippen LogP contribution in [0.3, 0.4) is 0 Å². The molecule has 0 saturated heterocycles. The molecule has 0 spiro atoms. The van der Waals surface area contributed by atoms with Crippen LogP contribution >= 0.6 is 23.4 Å². The van der Waals surface area contributed by atoms with Gasteiger partial charge in [-0.05, 0) is 29.8 Å². The minimum absolute atomic E-state index is 0.236. The van der Waals surface area contributed by atoms with Gasteiger partial charge in [-0.3, -0.25) is 4.79 Å². The molecule has 2 heterocycles. The van der Waals surface area contributed by atoms with Crippen LogP contribution in [-0.4, -0.2) is 11.1 Å². The Morgan fingerprint density at radius 2 is 2.12 bits per heavy atom. The molecular formula is C18H13ClN2O2S. The van der Waals surface area contributed by atoms with E-state index in [1.54, 1.807) is 17.8 Å². The maximum atomic E-state index is 12.5. The van der Waals surface area contributed by atoms with E-state index >= 15 is 0 Å². The second-order valence-corrected chi connectivity index (χ2v) is 6.89. The Labute approximate surface area is 148 Å². The van der Waals surface area contributed by atoms with Crippen molar-refractivity contribution in [2.75, 3.05) is 0 Å². The SMILES string of the molecule is O=C(NCc1cccc(Cl)c1)c1noc2c1CSc1ccccc1-2. The fraction of sp³-hybridized carbons (Fsp3) is 0.111. The molecule has 0 aliphatic carbocycles. The molecule has 1 amide bonds. The minimum atomic E-state index is -0.236. The first kappa shape index (κ1) is 15.3. The highest BCUT2D eigenvalue weighted by molar-refractivity contribution is 7.98. The van der Waals surface area contributed by atoms with E-state index in [2.05, 4.69) is 10.5 Å². The third kappa shape index (κ3) is 2.81. The van der Waals surface area contributed by atoms with Crippen LogP contribution in [0.1, 0.15) is 21.6 Å². The van der Waals surface area contributed by atoms with Crippen molar-refractivity contribution in [3.63, 3.8) is 0 Å². The number of benzene rings is 2. The van der Waals surface area contributed by atoms with Gasteiger partial charge in [0, 0.05) is 33.3 Å². The van der Waals surface area contributed by atoms with Gasteiger partial charge >= 0.3 is 0 Å². The summed E-state index contributed by atoms with van der Waals surface area (Å²) in [5, 5.41) is 7.52. The molecule has 0 saturated carbocycles. The van der Waals surface area contributed by atoms with Crippen molar-refractivity contribution in [1.82, 2.24) is 10.5 Å². The molecule has 0 bridgehead atoms. The van der Waals surface area contributed by atoms with Gasteiger partial charge in [0.25, 0.3) is 5.91 Å². The average molecular weight is 357 g/mol. The van der Waals surface area contributed by atoms with E-state index in [1.165, 1.54) is 0 Å². The monoisotopic (exact) mass is 356 g/mol. The number of fused-ring (bicyclic) bond motifs is 3. The second-order valence-electron chi connectivity index (χ2n) is 5.44. The largest absolute Gasteiger partial charge is 0.355 e. The average Bonchev–Trinajstić information content (AvgIpc) is 3.04. The number of aromatic nitrogens is 1. The summed E-state index contributed by atoms with van der Waals surface area (Å²) in [6.07, 6.45) is 0. The summed E-state index contributed by atoms with van der Waals surface area (Å²) in [5.41, 5.74) is 3.13. The number of nitrogens with one attached hydrogen (secondary N) is 1. The summed E-state index contributed by atoms with van der Waals surface area (Å²) in [4.78, 5) is 13.6. The highest BCUT2D eigenvalue weighted by Crippen LogP contribution is 2.42. The van der Waals surface area contributed by atoms with Crippen molar-refractivity contribution in [2.24, 2.45) is 0 Å². The van der Waals surface area contributed by atoms with Crippen molar-refractivity contribution in [3.05, 3.63) is 70.4 Å². The molecule has 0 radical (unpaired) electrons. The maximum absolute atomic E-state index is 12.5. The molecule has 0 fully saturated rings. The molecule has 24 heavy (non-hydrogen) atoms. The number of amides is 1. The van der Waals surface area contributed by atoms with Gasteiger partial charge in [-0.2, -0.15) is 0 Å². The number of nitrogens with zero attached hydrogens (tertiary/aromatic N) is 1. The molecule has 2 aromatic carbocycles. The number of rotatable bonds is 3. The van der Waals surface area contributed by atoms with Crippen molar-refractivity contribution >= 4 is 29.3 Å². The predicted octanol–water partition coefficient (Wildman–Crippen LogP) is 4.53. The number of thioether (sulfide) groups is 1. The summed E-state index contributed by atoms with van der Waals surface area (Å²) in [6.45, 7) is 0.394. The first-order chi connectivity index (χ1) is 11.7. The predicted molar refractivity (Wildman–Crippen MR) is 94.1 cm³/mol. The summed E-state index contributed by atoms with van der Waals surface area (Å²) in [5.74, 6) is 1.13. The van der Waals surface area contributed by atoms with Crippen LogP contribution in [0.2, 0.25) is 5.02 Å². The van der Waals surface area contributed by atoms with Crippen LogP contribution < -0.4 is 5.32 Å². The Balaban J connectivity index is 1.56. The Kier molecular flexibility index (Phi) is 4.04. The first-order valence-electron chi connectivity index (χ1n) is 7.46. The Bertz CT molecular complexity index is 923. The molecule has 3 aromatic rings. The molecule has 0 unspecified atom stereocenters. The van der Waals surface area contributed by atoms with Gasteiger partial charge in [0.15, 0.2) is 11.5 Å². The summed E-state index contributed by atoms with van der Waals surface area (Å²) in [7, 11) is 0. The van der Waals surface area contributed by atoms with E-state index in [0.717, 1.165) is 21.6 Å². The molecule has 1 N–H and O–H groups in total. The standard InChI is InChI=1S/C18H13ClN2O2S/c19-12-5-3-4-11(8-12)9-20-18(22)16-14-10-24-15-7-2-1-6-13(15)17(14)23-21-16/h1-8H,9-10H2,(H,20,22). The van der Waals surface area contributed by atoms with E-state index in [0.29, 0.717) is 28.8 Å². The molecule has 0 atom stereocenters. The lowest BCUT2D eigenvalue weighted by Gasteiger charge is -2.13. The van der Waals surface area contributed by atoms with Crippen molar-refractivity contribution in [1.29, 1.82) is 0 Å². The van der Waals surface area contributed by atoms with E-state index in [9.17, 15) is 4.79 Å². The second kappa shape index (κ2) is 6.34. The molecule has 120 valence electrons. The van der Waals surface area contributed by atoms with E-state index in [-0.39, 0.29) is 5.91 Å². The molecule has 1 aliphatic rings. The highest BCUT2D eigenvalue weighted by Gasteiger charge is 2.27. The fourth-order valence-corrected chi connectivity index (χ4v) is 3.95. The Hall–Kier alpha value is -2.24. The highest BCUT2D eigenvalue weighted by atomic mass is 35.5. The van der Waals surface area contributed by atoms with Crippen molar-refractivity contribution in [3.8, 4) is 11.3 Å². The number of hydrogen-bond donors (Lipinski definition) is 1. The quantitative estimate of drug-likeness (QED) is 0.749. The normalized spacial score (nSPS) is 12.4. The van der Waals surface area contributed by atoms with Gasteiger partial charge in [0.05, 0.1) is 0 Å². The third-order valence-electron chi connectivity index (χ3n) is 3.85. The summed E-state index contributed by atoms with van der Waals surface area (Å²) >= 11 is 7.65. The van der Waals surface area contributed by atoms with Crippen LogP contribution in [0, 0.1) is 0 Å². The molecule has 4 nitrogen and oxygen atoms in total. The molecule has 1 aromatic heterocycles. The lowest BCUT2D eigenvalue weighted by molar-refractivity contribution is 0.0941. The van der Waals surface area contributed by atoms with Crippen molar-refractivity contribution < 1.29 is 9.32 Å². The van der Waals surface area contributed by atoms with Crippen LogP contribution in [0.5, 0.6) is 0 Å². The summed E-state index contributed by atoms with van der Waals surface area (Å²) < 4.78 is 5.46. The van der Waals surface area contributed by atoms with Gasteiger partial charge in [-0.15, -0.1) is 11.8 Å². The van der Waals surface area contributed by atoms with Crippen LogP contribution in [-0.2, 0) is 12.3 Å². The molecular weight excluding hydrogens is 344 g/mol. The van der Waals surface area contributed by atoms with Gasteiger partial charge in [-0.25, -0.2) is 0 Å². The van der Waals surface area contributed by atoms with Crippen LogP contribution in [0.25, 0.3) is 11.3 Å². The maximum Gasteiger partial charge on any atom is 0.274 e. The zero-order chi connectivity index (χ0) is 16.5. The topological polar surface area (TPSA) is 55.1 Å². The van der Waals surface area contributed by atoms with E-state index < -0.39 is 0 Å². The molecule has 1 aliphatic heterocycles. The first-order valence-corrected chi connectivity index (χ1v) is 8.82. The van der Waals surface area contributed by atoms with E-state index in [4.69, 9.17) is 16.1 Å². The van der Waals surface area contributed by atoms with Crippen LogP contribution in [0.4, 0.5) is 0 Å². The molecule has 4 rings (SSSR count). The smallest absolute Gasteiger partial charge is 0.274 e. The van der Waals surface area contributed by atoms with Gasteiger partial charge in [-0.1, -0.05) is 41.0 Å². The lowest BCUT2D eigenvalue weighted by Crippen LogP contribution is -2.24. The van der Waals surface area contributed by atoms with Crippen LogP contribution in [0.15, 0.2) is 57.9 Å². The van der Waals surface area contributed by atoms with Gasteiger partial charge < -0.3 is 9.84 Å². The summed E-state index contributed by atoms with van der Waals surface area (Å²) in [6, 6.07) is 15.4. The zero-order valence-electron chi connectivity index (χ0n) is 12.6.